The van der Waals surface area contributed by atoms with Crippen LogP contribution in [0.3, 0.4) is 0 Å². The fourth-order valence-corrected chi connectivity index (χ4v) is 2.63. The Morgan fingerprint density at radius 3 is 1.84 bits per heavy atom. The average molecular weight is 330 g/mol. The van der Waals surface area contributed by atoms with Crippen LogP contribution >= 0.6 is 0 Å². The Bertz CT molecular complexity index is 755. The van der Waals surface area contributed by atoms with Gasteiger partial charge in [-0.15, -0.1) is 0 Å². The lowest BCUT2D eigenvalue weighted by Crippen LogP contribution is -2.01. The Kier molecular flexibility index (Phi) is 6.12. The molecule has 3 heteroatoms. The van der Waals surface area contributed by atoms with Crippen LogP contribution in [-0.2, 0) is 11.3 Å². The predicted octanol–water partition coefficient (Wildman–Crippen LogP) is 5.04. The van der Waals surface area contributed by atoms with Gasteiger partial charge in [-0.1, -0.05) is 66.7 Å². The molecule has 2 aliphatic heterocycles. The third-order valence-electron chi connectivity index (χ3n) is 3.88. The number of hydroxylamine groups is 1. The first-order valence-corrected chi connectivity index (χ1v) is 8.42. The lowest BCUT2D eigenvalue weighted by molar-refractivity contribution is 0.172. The summed E-state index contributed by atoms with van der Waals surface area (Å²) >= 11 is 0. The van der Waals surface area contributed by atoms with Crippen molar-refractivity contribution in [3.05, 3.63) is 103 Å². The van der Waals surface area contributed by atoms with Crippen LogP contribution in [0.2, 0.25) is 0 Å². The van der Waals surface area contributed by atoms with Crippen LogP contribution in [0.15, 0.2) is 97.4 Å². The summed E-state index contributed by atoms with van der Waals surface area (Å²) in [6.45, 7) is 1.11. The zero-order valence-electron chi connectivity index (χ0n) is 14.1. The van der Waals surface area contributed by atoms with Gasteiger partial charge in [-0.25, -0.2) is 5.48 Å². The van der Waals surface area contributed by atoms with Crippen LogP contribution in [0, 0.1) is 0 Å². The van der Waals surface area contributed by atoms with Crippen molar-refractivity contribution in [1.82, 2.24) is 5.48 Å². The number of benzene rings is 3. The van der Waals surface area contributed by atoms with Gasteiger partial charge in [-0.2, -0.15) is 0 Å². The molecule has 3 nitrogen and oxygen atoms in total. The topological polar surface area (TPSA) is 33.3 Å². The van der Waals surface area contributed by atoms with Crippen LogP contribution in [0.5, 0.6) is 0 Å². The second-order valence-corrected chi connectivity index (χ2v) is 5.60. The van der Waals surface area contributed by atoms with E-state index in [1.807, 2.05) is 6.08 Å². The molecule has 0 amide bonds. The summed E-state index contributed by atoms with van der Waals surface area (Å²) in [6.07, 6.45) is 8.12. The smallest absolute Gasteiger partial charge is 0.119 e. The van der Waals surface area contributed by atoms with E-state index >= 15 is 0 Å². The van der Waals surface area contributed by atoms with Crippen molar-refractivity contribution < 1.29 is 4.84 Å². The van der Waals surface area contributed by atoms with Gasteiger partial charge < -0.3 is 10.2 Å². The van der Waals surface area contributed by atoms with E-state index in [-0.39, 0.29) is 0 Å². The van der Waals surface area contributed by atoms with Crippen molar-refractivity contribution in [2.45, 2.75) is 6.42 Å². The van der Waals surface area contributed by atoms with Gasteiger partial charge >= 0.3 is 0 Å². The highest BCUT2D eigenvalue weighted by Crippen LogP contribution is 2.20. The molecular weight excluding hydrogens is 308 g/mol. The fourth-order valence-electron chi connectivity index (χ4n) is 2.63. The third kappa shape index (κ3) is 5.15. The SMILES string of the molecule is C1=CNOC=C1.c1ccc2c(c1)CCN2.c1ccc2ccccc2c1. The maximum Gasteiger partial charge on any atom is 0.119 e. The Labute approximate surface area is 148 Å². The van der Waals surface area contributed by atoms with Gasteiger partial charge in [0.25, 0.3) is 0 Å². The van der Waals surface area contributed by atoms with Crippen LogP contribution in [-0.4, -0.2) is 6.54 Å². The fraction of sp³-hybridized carbons (Fsp3) is 0.0909. The number of anilines is 1. The minimum Gasteiger partial charge on any atom is -0.391 e. The summed E-state index contributed by atoms with van der Waals surface area (Å²) < 4.78 is 0. The Balaban J connectivity index is 0.000000113. The molecule has 3 aromatic carbocycles. The van der Waals surface area contributed by atoms with Gasteiger partial charge in [0, 0.05) is 18.4 Å². The van der Waals surface area contributed by atoms with E-state index in [0.717, 1.165) is 6.54 Å². The summed E-state index contributed by atoms with van der Waals surface area (Å²) in [7, 11) is 0. The highest BCUT2D eigenvalue weighted by atomic mass is 16.6. The molecular formula is C22H22N2O. The molecule has 2 N–H and O–H groups in total. The van der Waals surface area contributed by atoms with E-state index in [1.165, 1.54) is 28.4 Å². The Morgan fingerprint density at radius 1 is 0.720 bits per heavy atom. The average Bonchev–Trinajstić information content (AvgIpc) is 3.19. The quantitative estimate of drug-likeness (QED) is 0.605. The molecule has 3 aromatic rings. The highest BCUT2D eigenvalue weighted by Gasteiger charge is 2.05. The van der Waals surface area contributed by atoms with Gasteiger partial charge in [0.2, 0.25) is 0 Å². The van der Waals surface area contributed by atoms with Crippen molar-refractivity contribution in [1.29, 1.82) is 0 Å². The Morgan fingerprint density at radius 2 is 1.36 bits per heavy atom. The molecule has 5 rings (SSSR count). The standard InChI is InChI=1S/C10H8.C8H9N.C4H5NO/c1-2-6-10-8-4-3-7-9(10)5-1;1-2-4-8-7(3-1)5-6-9-8;1-2-4-6-5-3-1/h1-8H;1-4,9H,5-6H2;1-5H. The van der Waals surface area contributed by atoms with Crippen LogP contribution in [0.4, 0.5) is 5.69 Å². The maximum atomic E-state index is 4.55. The monoisotopic (exact) mass is 330 g/mol. The first-order chi connectivity index (χ1) is 12.4. The molecule has 2 aliphatic rings. The zero-order valence-corrected chi connectivity index (χ0v) is 14.1. The minimum absolute atomic E-state index is 1.11. The molecule has 0 aliphatic carbocycles. The van der Waals surface area contributed by atoms with Gasteiger partial charge in [0.1, 0.15) is 6.26 Å². The number of rotatable bonds is 0. The van der Waals surface area contributed by atoms with Crippen LogP contribution in [0.1, 0.15) is 5.56 Å². The van der Waals surface area contributed by atoms with E-state index in [1.54, 1.807) is 18.5 Å². The summed E-state index contributed by atoms with van der Waals surface area (Å²) in [5, 5.41) is 5.92. The van der Waals surface area contributed by atoms with Gasteiger partial charge in [0.05, 0.1) is 0 Å². The second kappa shape index (κ2) is 9.18. The number of para-hydroxylation sites is 1. The van der Waals surface area contributed by atoms with E-state index < -0.39 is 0 Å². The van der Waals surface area contributed by atoms with Crippen molar-refractivity contribution in [3.63, 3.8) is 0 Å². The number of allylic oxidation sites excluding steroid dienone is 2. The largest absolute Gasteiger partial charge is 0.391 e. The molecule has 0 saturated heterocycles. The summed E-state index contributed by atoms with van der Waals surface area (Å²) in [5.74, 6) is 0. The first kappa shape index (κ1) is 16.7. The van der Waals surface area contributed by atoms with Crippen molar-refractivity contribution >= 4 is 16.5 Å². The minimum atomic E-state index is 1.11. The highest BCUT2D eigenvalue weighted by molar-refractivity contribution is 5.82. The molecule has 0 atom stereocenters. The molecule has 25 heavy (non-hydrogen) atoms. The molecule has 0 aromatic heterocycles. The van der Waals surface area contributed by atoms with Gasteiger partial charge in [-0.05, 0) is 41.0 Å². The summed E-state index contributed by atoms with van der Waals surface area (Å²) in [4.78, 5) is 4.55. The predicted molar refractivity (Wildman–Crippen MR) is 105 cm³/mol. The number of nitrogens with one attached hydrogen (secondary N) is 2. The first-order valence-electron chi connectivity index (χ1n) is 8.42. The summed E-state index contributed by atoms with van der Waals surface area (Å²) in [6, 6.07) is 25.2. The van der Waals surface area contributed by atoms with E-state index in [9.17, 15) is 0 Å². The van der Waals surface area contributed by atoms with E-state index in [0.29, 0.717) is 0 Å². The molecule has 0 bridgehead atoms. The molecule has 0 radical (unpaired) electrons. The number of hydrogen-bond acceptors (Lipinski definition) is 3. The maximum absolute atomic E-state index is 4.55. The Hall–Kier alpha value is -3.20. The molecule has 0 fully saturated rings. The zero-order chi connectivity index (χ0) is 17.2. The van der Waals surface area contributed by atoms with Crippen LogP contribution < -0.4 is 10.8 Å². The molecule has 0 unspecified atom stereocenters. The molecule has 0 spiro atoms. The van der Waals surface area contributed by atoms with Crippen molar-refractivity contribution in [3.8, 4) is 0 Å². The number of hydrogen-bond donors (Lipinski definition) is 2. The normalized spacial score (nSPS) is 13.1. The van der Waals surface area contributed by atoms with Gasteiger partial charge in [-0.3, -0.25) is 0 Å². The third-order valence-corrected chi connectivity index (χ3v) is 3.88. The molecule has 0 saturated carbocycles. The molecule has 126 valence electrons. The van der Waals surface area contributed by atoms with E-state index in [4.69, 9.17) is 0 Å². The van der Waals surface area contributed by atoms with Crippen molar-refractivity contribution in [2.75, 3.05) is 11.9 Å². The lowest BCUT2D eigenvalue weighted by atomic mass is 10.1. The van der Waals surface area contributed by atoms with E-state index in [2.05, 4.69) is 88.4 Å². The van der Waals surface area contributed by atoms with Crippen LogP contribution in [0.25, 0.3) is 10.8 Å². The second-order valence-electron chi connectivity index (χ2n) is 5.60. The van der Waals surface area contributed by atoms with Crippen molar-refractivity contribution in [2.24, 2.45) is 0 Å². The molecule has 2 heterocycles. The lowest BCUT2D eigenvalue weighted by Gasteiger charge is -1.97. The number of fused-ring (bicyclic) bond motifs is 2. The summed E-state index contributed by atoms with van der Waals surface area (Å²) in [5.41, 5.74) is 5.29. The van der Waals surface area contributed by atoms with Gasteiger partial charge in [0.15, 0.2) is 0 Å².